The summed E-state index contributed by atoms with van der Waals surface area (Å²) < 4.78 is 0. The number of benzene rings is 3. The second-order valence-electron chi connectivity index (χ2n) is 11.6. The van der Waals surface area contributed by atoms with Crippen LogP contribution in [0.1, 0.15) is 86.6 Å². The Balaban J connectivity index is 1.15. The van der Waals surface area contributed by atoms with E-state index in [4.69, 9.17) is 0 Å². The molecule has 1 atom stereocenters. The fourth-order valence-corrected chi connectivity index (χ4v) is 6.59. The maximum Gasteiger partial charge on any atom is 0.0845 e. The molecule has 2 heteroatoms. The van der Waals surface area contributed by atoms with E-state index in [2.05, 4.69) is 110 Å². The highest BCUT2D eigenvalue weighted by Gasteiger charge is 2.35. The highest BCUT2D eigenvalue weighted by Crippen LogP contribution is 2.39. The summed E-state index contributed by atoms with van der Waals surface area (Å²) in [7, 11) is 0. The minimum absolute atomic E-state index is 0.310. The third-order valence-corrected chi connectivity index (χ3v) is 8.99. The molecular formula is C37H42N2. The van der Waals surface area contributed by atoms with Gasteiger partial charge in [0.25, 0.3) is 0 Å². The lowest BCUT2D eigenvalue weighted by Crippen LogP contribution is -2.32. The molecule has 0 N–H and O–H groups in total. The summed E-state index contributed by atoms with van der Waals surface area (Å²) >= 11 is 0. The summed E-state index contributed by atoms with van der Waals surface area (Å²) in [5.41, 5.74) is 9.29. The maximum absolute atomic E-state index is 10.1. The molecule has 1 aliphatic carbocycles. The molecule has 1 saturated heterocycles. The van der Waals surface area contributed by atoms with Crippen molar-refractivity contribution in [1.29, 1.82) is 5.26 Å². The summed E-state index contributed by atoms with van der Waals surface area (Å²) in [5, 5.41) is 10.1. The van der Waals surface area contributed by atoms with E-state index in [-0.39, 0.29) is 5.41 Å². The summed E-state index contributed by atoms with van der Waals surface area (Å²) in [5.74, 6) is 0.310. The van der Waals surface area contributed by atoms with E-state index >= 15 is 0 Å². The lowest BCUT2D eigenvalue weighted by molar-refractivity contribution is 0.250. The molecule has 1 fully saturated rings. The third kappa shape index (κ3) is 5.95. The molecule has 39 heavy (non-hydrogen) atoms. The summed E-state index contributed by atoms with van der Waals surface area (Å²) in [4.78, 5) is 2.66. The molecule has 2 nitrogen and oxygen atoms in total. The van der Waals surface area contributed by atoms with Gasteiger partial charge in [0, 0.05) is 13.1 Å². The highest BCUT2D eigenvalue weighted by atomic mass is 15.1. The zero-order valence-electron chi connectivity index (χ0n) is 23.7. The summed E-state index contributed by atoms with van der Waals surface area (Å²) in [6.07, 6.45) is 12.6. The van der Waals surface area contributed by atoms with Crippen molar-refractivity contribution in [3.05, 3.63) is 112 Å². The first kappa shape index (κ1) is 27.2. The third-order valence-electron chi connectivity index (χ3n) is 8.99. The predicted octanol–water partition coefficient (Wildman–Crippen LogP) is 9.14. The van der Waals surface area contributed by atoms with Gasteiger partial charge in [-0.15, -0.1) is 0 Å². The molecule has 0 spiro atoms. The molecule has 0 bridgehead atoms. The quantitative estimate of drug-likeness (QED) is 0.208. The van der Waals surface area contributed by atoms with E-state index < -0.39 is 0 Å². The van der Waals surface area contributed by atoms with E-state index in [9.17, 15) is 5.26 Å². The number of nitrogens with zero attached hydrogens (tertiary/aromatic N) is 2. The molecule has 2 aliphatic rings. The topological polar surface area (TPSA) is 27.0 Å². The van der Waals surface area contributed by atoms with E-state index in [0.717, 1.165) is 38.8 Å². The Labute approximate surface area is 235 Å². The standard InChI is InChI=1S/C37H42N2/c1-29(2)37(28-38,33-16-6-5-7-17-33)24-12-3-4-13-25-39-26-22-32(23-27-39)36-34-18-10-8-14-30(34)20-21-31-15-9-11-19-35(31)36/h5-11,14-21,29H,3-4,12-13,22-27H2,1-2H3. The van der Waals surface area contributed by atoms with Crippen molar-refractivity contribution in [2.45, 2.75) is 64.2 Å². The molecule has 3 aromatic rings. The Morgan fingerprint density at radius 2 is 1.31 bits per heavy atom. The van der Waals surface area contributed by atoms with Crippen LogP contribution >= 0.6 is 0 Å². The zero-order valence-corrected chi connectivity index (χ0v) is 23.7. The van der Waals surface area contributed by atoms with Crippen LogP contribution in [0.3, 0.4) is 0 Å². The predicted molar refractivity (Wildman–Crippen MR) is 165 cm³/mol. The fraction of sp³-hybridized carbons (Fsp3) is 0.378. The van der Waals surface area contributed by atoms with Crippen molar-refractivity contribution in [2.75, 3.05) is 19.6 Å². The lowest BCUT2D eigenvalue weighted by Gasteiger charge is -2.32. The smallest absolute Gasteiger partial charge is 0.0845 e. The number of fused-ring (bicyclic) bond motifs is 2. The molecule has 1 aliphatic heterocycles. The van der Waals surface area contributed by atoms with Crippen LogP contribution in [-0.4, -0.2) is 24.5 Å². The van der Waals surface area contributed by atoms with Crippen molar-refractivity contribution < 1.29 is 0 Å². The normalized spacial score (nSPS) is 16.8. The number of hydrogen-bond donors (Lipinski definition) is 0. The number of unbranched alkanes of at least 4 members (excludes halogenated alkanes) is 3. The van der Waals surface area contributed by atoms with Gasteiger partial charge in [-0.1, -0.05) is 130 Å². The van der Waals surface area contributed by atoms with Gasteiger partial charge in [-0.25, -0.2) is 0 Å². The Hall–Kier alpha value is -3.41. The first-order valence-electron chi connectivity index (χ1n) is 14.9. The van der Waals surface area contributed by atoms with E-state index in [1.54, 1.807) is 5.57 Å². The molecule has 0 amide bonds. The van der Waals surface area contributed by atoms with Crippen molar-refractivity contribution in [3.8, 4) is 6.07 Å². The molecule has 0 radical (unpaired) electrons. The maximum atomic E-state index is 10.1. The van der Waals surface area contributed by atoms with Gasteiger partial charge in [0.05, 0.1) is 11.5 Å². The van der Waals surface area contributed by atoms with Crippen molar-refractivity contribution in [3.63, 3.8) is 0 Å². The van der Waals surface area contributed by atoms with Gasteiger partial charge >= 0.3 is 0 Å². The van der Waals surface area contributed by atoms with Crippen LogP contribution in [0, 0.1) is 17.2 Å². The molecule has 0 aromatic heterocycles. The van der Waals surface area contributed by atoms with Gasteiger partial charge in [-0.05, 0) is 71.5 Å². The van der Waals surface area contributed by atoms with Crippen molar-refractivity contribution in [1.82, 2.24) is 4.90 Å². The SMILES string of the molecule is CC(C)C(C#N)(CCCCCCN1CCC(=C2c3ccccc3C=Cc3ccccc32)CC1)c1ccccc1. The van der Waals surface area contributed by atoms with Crippen LogP contribution in [0.2, 0.25) is 0 Å². The summed E-state index contributed by atoms with van der Waals surface area (Å²) in [6.45, 7) is 7.87. The van der Waals surface area contributed by atoms with Crippen molar-refractivity contribution in [2.24, 2.45) is 5.92 Å². The largest absolute Gasteiger partial charge is 0.303 e. The van der Waals surface area contributed by atoms with Gasteiger partial charge in [-0.2, -0.15) is 5.26 Å². The average Bonchev–Trinajstić information content (AvgIpc) is 3.15. The lowest BCUT2D eigenvalue weighted by atomic mass is 9.69. The molecule has 200 valence electrons. The molecule has 1 unspecified atom stereocenters. The number of nitriles is 1. The van der Waals surface area contributed by atoms with Crippen LogP contribution in [-0.2, 0) is 5.41 Å². The number of hydrogen-bond acceptors (Lipinski definition) is 2. The van der Waals surface area contributed by atoms with Crippen LogP contribution in [0.25, 0.3) is 17.7 Å². The molecule has 1 heterocycles. The molecule has 0 saturated carbocycles. The van der Waals surface area contributed by atoms with Crippen LogP contribution in [0.5, 0.6) is 0 Å². The van der Waals surface area contributed by atoms with Gasteiger partial charge in [0.2, 0.25) is 0 Å². The molecular weight excluding hydrogens is 472 g/mol. The highest BCUT2D eigenvalue weighted by molar-refractivity contribution is 5.94. The zero-order chi connectivity index (χ0) is 27.1. The van der Waals surface area contributed by atoms with E-state index in [1.165, 1.54) is 59.2 Å². The van der Waals surface area contributed by atoms with Gasteiger partial charge in [-0.3, -0.25) is 0 Å². The Bertz CT molecular complexity index is 1300. The first-order chi connectivity index (χ1) is 19.1. The minimum Gasteiger partial charge on any atom is -0.303 e. The Morgan fingerprint density at radius 3 is 1.90 bits per heavy atom. The fourth-order valence-electron chi connectivity index (χ4n) is 6.59. The van der Waals surface area contributed by atoms with Crippen LogP contribution < -0.4 is 0 Å². The second kappa shape index (κ2) is 12.6. The monoisotopic (exact) mass is 514 g/mol. The summed E-state index contributed by atoms with van der Waals surface area (Å²) in [6, 6.07) is 30.9. The second-order valence-corrected chi connectivity index (χ2v) is 11.6. The average molecular weight is 515 g/mol. The van der Waals surface area contributed by atoms with Gasteiger partial charge < -0.3 is 4.90 Å². The number of rotatable bonds is 9. The number of piperidine rings is 1. The van der Waals surface area contributed by atoms with E-state index in [1.807, 2.05) is 6.07 Å². The van der Waals surface area contributed by atoms with Crippen molar-refractivity contribution >= 4 is 17.7 Å². The van der Waals surface area contributed by atoms with Gasteiger partial charge in [0.1, 0.15) is 0 Å². The molecule has 3 aromatic carbocycles. The first-order valence-corrected chi connectivity index (χ1v) is 14.9. The van der Waals surface area contributed by atoms with Crippen LogP contribution in [0.15, 0.2) is 84.4 Å². The Kier molecular flexibility index (Phi) is 8.80. The van der Waals surface area contributed by atoms with Crippen LogP contribution in [0.4, 0.5) is 0 Å². The molecule has 5 rings (SSSR count). The minimum atomic E-state index is -0.372. The van der Waals surface area contributed by atoms with E-state index in [0.29, 0.717) is 5.92 Å². The Morgan fingerprint density at radius 1 is 0.744 bits per heavy atom. The number of likely N-dealkylation sites (tertiary alicyclic amines) is 1. The van der Waals surface area contributed by atoms with Gasteiger partial charge in [0.15, 0.2) is 0 Å².